The van der Waals surface area contributed by atoms with Gasteiger partial charge in [0.2, 0.25) is 11.7 Å². The lowest BCUT2D eigenvalue weighted by Gasteiger charge is -2.50. The number of aliphatic hydroxyl groups is 3. The van der Waals surface area contributed by atoms with Gasteiger partial charge in [-0.2, -0.15) is 0 Å². The molecule has 4 atom stereocenters. The summed E-state index contributed by atoms with van der Waals surface area (Å²) >= 11 is 0. The van der Waals surface area contributed by atoms with Gasteiger partial charge in [0.25, 0.3) is 5.91 Å². The zero-order chi connectivity index (χ0) is 29.8. The van der Waals surface area contributed by atoms with E-state index in [-0.39, 0.29) is 61.0 Å². The minimum absolute atomic E-state index is 0. The molecule has 4 rings (SSSR count). The van der Waals surface area contributed by atoms with Gasteiger partial charge < -0.3 is 41.7 Å². The van der Waals surface area contributed by atoms with Crippen LogP contribution >= 0.6 is 24.8 Å². The number of likely N-dealkylation sites (N-methyl/N-ethyl adjacent to an activating group) is 2. The van der Waals surface area contributed by atoms with Gasteiger partial charge in [-0.25, -0.2) is 0 Å². The van der Waals surface area contributed by atoms with Gasteiger partial charge in [0.1, 0.15) is 17.1 Å². The number of carbonyl (C=O) groups is 4. The maximum absolute atomic E-state index is 14.0. The number of anilines is 2. The monoisotopic (exact) mass is 629 g/mol. The molecule has 0 bridgehead atoms. The number of rotatable bonds is 7. The number of allylic oxidation sites excluding steroid dienone is 1. The third kappa shape index (κ3) is 5.20. The summed E-state index contributed by atoms with van der Waals surface area (Å²) in [4.78, 5) is 55.1. The van der Waals surface area contributed by atoms with Crippen molar-refractivity contribution in [3.8, 4) is 5.75 Å². The molecule has 2 amide bonds. The lowest BCUT2D eigenvalue weighted by atomic mass is 9.58. The summed E-state index contributed by atoms with van der Waals surface area (Å²) in [5.41, 5.74) is 2.32. The molecule has 0 saturated carbocycles. The fourth-order valence-corrected chi connectivity index (χ4v) is 6.23. The lowest BCUT2D eigenvalue weighted by Crippen LogP contribution is -2.63. The molecule has 0 fully saturated rings. The number of Topliss-reactive ketones (excluding diaryl/α,β-unsaturated/α-hetero) is 2. The van der Waals surface area contributed by atoms with E-state index in [2.05, 4.69) is 10.6 Å². The number of hydrogen-bond donors (Lipinski definition) is 7. The maximum Gasteiger partial charge on any atom is 0.255 e. The molecule has 3 aliphatic carbocycles. The first kappa shape index (κ1) is 34.8. The van der Waals surface area contributed by atoms with Gasteiger partial charge in [-0.15, -0.1) is 24.8 Å². The Morgan fingerprint density at radius 1 is 1.12 bits per heavy atom. The Labute approximate surface area is 255 Å². The number of aliphatic hydroxyl groups excluding tert-OH is 2. The van der Waals surface area contributed by atoms with Crippen molar-refractivity contribution in [3.63, 3.8) is 0 Å². The molecule has 42 heavy (non-hydrogen) atoms. The molecule has 0 radical (unpaired) electrons. The van der Waals surface area contributed by atoms with Gasteiger partial charge >= 0.3 is 0 Å². The van der Waals surface area contributed by atoms with Gasteiger partial charge in [-0.05, 0) is 51.0 Å². The van der Waals surface area contributed by atoms with E-state index in [9.17, 15) is 39.6 Å². The number of nitrogens with one attached hydrogen (secondary N) is 2. The third-order valence-electron chi connectivity index (χ3n) is 7.99. The summed E-state index contributed by atoms with van der Waals surface area (Å²) < 4.78 is 0. The van der Waals surface area contributed by atoms with Crippen LogP contribution in [0, 0.1) is 11.8 Å². The minimum Gasteiger partial charge on any atom is -0.510 e. The first-order valence-corrected chi connectivity index (χ1v) is 12.9. The summed E-state index contributed by atoms with van der Waals surface area (Å²) in [6, 6.07) is 0.487. The quantitative estimate of drug-likeness (QED) is 0.164. The normalized spacial score (nSPS) is 24.7. The average Bonchev–Trinajstić information content (AvgIpc) is 2.85. The van der Waals surface area contributed by atoms with E-state index in [1.54, 1.807) is 39.2 Å². The van der Waals surface area contributed by atoms with Crippen LogP contribution in [0.25, 0.3) is 0 Å². The number of hydrogen-bond acceptors (Lipinski definition) is 11. The molecular weight excluding hydrogens is 593 g/mol. The highest BCUT2D eigenvalue weighted by atomic mass is 35.5. The van der Waals surface area contributed by atoms with Crippen LogP contribution in [0.4, 0.5) is 11.4 Å². The Bertz CT molecular complexity index is 1390. The van der Waals surface area contributed by atoms with Crippen molar-refractivity contribution in [2.24, 2.45) is 17.6 Å². The van der Waals surface area contributed by atoms with Crippen molar-refractivity contribution in [1.29, 1.82) is 0 Å². The van der Waals surface area contributed by atoms with Crippen LogP contribution in [0.2, 0.25) is 0 Å². The van der Waals surface area contributed by atoms with Gasteiger partial charge in [-0.1, -0.05) is 6.92 Å². The van der Waals surface area contributed by atoms with E-state index < -0.39 is 69.7 Å². The second kappa shape index (κ2) is 12.5. The second-order valence-electron chi connectivity index (χ2n) is 10.8. The molecule has 232 valence electrons. The van der Waals surface area contributed by atoms with Gasteiger partial charge in [-0.3, -0.25) is 24.1 Å². The Hall–Kier alpha value is -3.36. The standard InChI is InChI=1S/C27H35N5O8.2ClH/c1-6-29-10-16(33)30-14-9-15(31(2)3)12-7-11-8-13-20(32(4)5)23(36)19(26(28)39)25(38)27(13,40)24(37)17(11)22(35)18(12)21(14)34;;/h9,11,13,20,29,34,36-37,40H,6-8,10H2,1-5H3,(H2,28,39)(H,30,33);2*1H/t11?,13?,20-,27?;;/m0../s1. The summed E-state index contributed by atoms with van der Waals surface area (Å²) in [7, 11) is 6.61. The number of fused-ring (bicyclic) bond motifs is 3. The molecule has 1 aromatic carbocycles. The largest absolute Gasteiger partial charge is 0.510 e. The Balaban J connectivity index is 0.00000308. The molecule has 3 unspecified atom stereocenters. The topological polar surface area (TPSA) is 206 Å². The fourth-order valence-electron chi connectivity index (χ4n) is 6.23. The first-order valence-electron chi connectivity index (χ1n) is 12.9. The number of aromatic hydroxyl groups is 1. The van der Waals surface area contributed by atoms with Crippen LogP contribution in [0.15, 0.2) is 28.7 Å². The molecule has 8 N–H and O–H groups in total. The average molecular weight is 631 g/mol. The second-order valence-corrected chi connectivity index (χ2v) is 10.8. The molecule has 0 aromatic heterocycles. The van der Waals surface area contributed by atoms with Crippen molar-refractivity contribution >= 4 is 59.6 Å². The molecule has 1 aromatic rings. The van der Waals surface area contributed by atoms with Gasteiger partial charge in [0.15, 0.2) is 17.1 Å². The minimum atomic E-state index is -2.72. The molecule has 13 nitrogen and oxygen atoms in total. The third-order valence-corrected chi connectivity index (χ3v) is 7.99. The summed E-state index contributed by atoms with van der Waals surface area (Å²) in [6.45, 7) is 2.34. The van der Waals surface area contributed by atoms with Gasteiger partial charge in [0.05, 0.1) is 23.8 Å². The van der Waals surface area contributed by atoms with Crippen LogP contribution in [0.3, 0.4) is 0 Å². The predicted octanol–water partition coefficient (Wildman–Crippen LogP) is 0.578. The maximum atomic E-state index is 14.0. The lowest BCUT2D eigenvalue weighted by molar-refractivity contribution is -0.148. The molecule has 0 aliphatic heterocycles. The van der Waals surface area contributed by atoms with E-state index in [0.717, 1.165) is 0 Å². The molecule has 3 aliphatic rings. The number of carbonyl (C=O) groups excluding carboxylic acids is 4. The number of ketones is 2. The molecular formula is C27H37Cl2N5O8. The zero-order valence-electron chi connectivity index (χ0n) is 23.8. The fraction of sp³-hybridized carbons (Fsp3) is 0.481. The van der Waals surface area contributed by atoms with E-state index >= 15 is 0 Å². The van der Waals surface area contributed by atoms with Crippen molar-refractivity contribution in [3.05, 3.63) is 39.9 Å². The Morgan fingerprint density at radius 3 is 2.26 bits per heavy atom. The highest BCUT2D eigenvalue weighted by molar-refractivity contribution is 6.25. The first-order chi connectivity index (χ1) is 18.7. The Kier molecular flexibility index (Phi) is 10.3. The number of nitrogens with two attached hydrogens (primary N) is 1. The number of phenolic OH excluding ortho intramolecular Hbond substituents is 1. The molecule has 0 heterocycles. The smallest absolute Gasteiger partial charge is 0.255 e. The van der Waals surface area contributed by atoms with Crippen LogP contribution in [0.5, 0.6) is 5.75 Å². The summed E-state index contributed by atoms with van der Waals surface area (Å²) in [6.07, 6.45) is 0.127. The van der Waals surface area contributed by atoms with E-state index in [1.165, 1.54) is 4.90 Å². The number of amides is 2. The van der Waals surface area contributed by atoms with Crippen LogP contribution in [-0.4, -0.2) is 102 Å². The SMILES string of the molecule is CCNCC(=O)Nc1cc(N(C)C)c2c(c1O)C(=O)C1=C(O)C3(O)C(=O)C(C(N)=O)=C(O)[C@@H](N(C)C)C3CC1C2.Cl.Cl. The van der Waals surface area contributed by atoms with Crippen LogP contribution < -0.4 is 21.3 Å². The number of benzene rings is 1. The predicted molar refractivity (Wildman–Crippen MR) is 160 cm³/mol. The number of primary amides is 1. The Morgan fingerprint density at radius 2 is 1.74 bits per heavy atom. The van der Waals surface area contributed by atoms with Crippen LogP contribution in [-0.2, 0) is 20.8 Å². The zero-order valence-corrected chi connectivity index (χ0v) is 25.5. The van der Waals surface area contributed by atoms with Crippen molar-refractivity contribution in [1.82, 2.24) is 10.2 Å². The van der Waals surface area contributed by atoms with Crippen molar-refractivity contribution in [2.45, 2.75) is 31.4 Å². The van der Waals surface area contributed by atoms with E-state index in [1.807, 2.05) is 6.92 Å². The van der Waals surface area contributed by atoms with Crippen LogP contribution in [0.1, 0.15) is 29.3 Å². The molecule has 15 heteroatoms. The number of halogens is 2. The van der Waals surface area contributed by atoms with Crippen molar-refractivity contribution in [2.75, 3.05) is 51.5 Å². The van der Waals surface area contributed by atoms with E-state index in [4.69, 9.17) is 5.73 Å². The summed E-state index contributed by atoms with van der Waals surface area (Å²) in [5.74, 6) is -7.75. The highest BCUT2D eigenvalue weighted by Gasteiger charge is 2.63. The molecule has 0 saturated heterocycles. The molecule has 0 spiro atoms. The summed E-state index contributed by atoms with van der Waals surface area (Å²) in [5, 5.41) is 50.6. The number of phenols is 1. The van der Waals surface area contributed by atoms with Crippen molar-refractivity contribution < 1.29 is 39.6 Å². The van der Waals surface area contributed by atoms with E-state index in [0.29, 0.717) is 17.8 Å². The van der Waals surface area contributed by atoms with Gasteiger partial charge in [0, 0.05) is 31.3 Å². The number of nitrogens with zero attached hydrogens (tertiary/aromatic N) is 2. The highest BCUT2D eigenvalue weighted by Crippen LogP contribution is 2.53.